The maximum atomic E-state index is 12.0. The van der Waals surface area contributed by atoms with Gasteiger partial charge in [-0.05, 0) is 42.3 Å². The predicted molar refractivity (Wildman–Crippen MR) is 91.2 cm³/mol. The first-order valence-corrected chi connectivity index (χ1v) is 7.99. The van der Waals surface area contributed by atoms with E-state index in [1.165, 1.54) is 0 Å². The van der Waals surface area contributed by atoms with Crippen molar-refractivity contribution in [1.29, 1.82) is 0 Å². The lowest BCUT2D eigenvalue weighted by molar-refractivity contribution is -0.123. The fourth-order valence-electron chi connectivity index (χ4n) is 2.59. The third kappa shape index (κ3) is 3.86. The minimum Gasteiger partial charge on any atom is -0.484 e. The van der Waals surface area contributed by atoms with E-state index in [9.17, 15) is 9.59 Å². The Balaban J connectivity index is 1.47. The van der Waals surface area contributed by atoms with E-state index < -0.39 is 5.91 Å². The zero-order valence-electron chi connectivity index (χ0n) is 12.9. The number of amides is 2. The van der Waals surface area contributed by atoms with Gasteiger partial charge in [-0.25, -0.2) is 0 Å². The molecule has 0 saturated heterocycles. The first-order valence-electron chi connectivity index (χ1n) is 7.61. The molecule has 2 aromatic carbocycles. The molecule has 2 atom stereocenters. The third-order valence-electron chi connectivity index (χ3n) is 3.95. The second-order valence-corrected chi connectivity index (χ2v) is 6.12. The molecule has 3 rings (SSSR count). The lowest BCUT2D eigenvalue weighted by atomic mass is 10.1. The average molecular weight is 345 g/mol. The quantitative estimate of drug-likeness (QED) is 0.844. The van der Waals surface area contributed by atoms with E-state index in [4.69, 9.17) is 22.1 Å². The van der Waals surface area contributed by atoms with Crippen molar-refractivity contribution < 1.29 is 14.3 Å². The molecule has 24 heavy (non-hydrogen) atoms. The van der Waals surface area contributed by atoms with Crippen molar-refractivity contribution in [3.05, 3.63) is 64.7 Å². The molecule has 0 spiro atoms. The van der Waals surface area contributed by atoms with E-state index in [2.05, 4.69) is 5.32 Å². The van der Waals surface area contributed by atoms with Gasteiger partial charge in [0.2, 0.25) is 5.91 Å². The summed E-state index contributed by atoms with van der Waals surface area (Å²) in [5.41, 5.74) is 6.62. The van der Waals surface area contributed by atoms with Gasteiger partial charge in [-0.3, -0.25) is 9.59 Å². The van der Waals surface area contributed by atoms with Gasteiger partial charge in [0.15, 0.2) is 6.61 Å². The first kappa shape index (κ1) is 16.3. The molecule has 1 aliphatic carbocycles. The van der Waals surface area contributed by atoms with Crippen molar-refractivity contribution in [2.24, 2.45) is 5.73 Å². The van der Waals surface area contributed by atoms with Gasteiger partial charge in [-0.1, -0.05) is 29.8 Å². The van der Waals surface area contributed by atoms with Crippen LogP contribution in [0.15, 0.2) is 48.5 Å². The molecule has 0 heterocycles. The SMILES string of the molecule is NC(=O)c1ccc(OCC(=O)NC2CC2c2ccccc2Cl)cc1. The van der Waals surface area contributed by atoms with Gasteiger partial charge < -0.3 is 15.8 Å². The summed E-state index contributed by atoms with van der Waals surface area (Å²) in [5.74, 6) is 0.0817. The summed E-state index contributed by atoms with van der Waals surface area (Å²) in [6.45, 7) is -0.0817. The van der Waals surface area contributed by atoms with E-state index in [1.807, 2.05) is 24.3 Å². The van der Waals surface area contributed by atoms with E-state index >= 15 is 0 Å². The molecule has 1 aliphatic rings. The summed E-state index contributed by atoms with van der Waals surface area (Å²) in [6, 6.07) is 14.1. The molecule has 1 fully saturated rings. The number of halogens is 1. The average Bonchev–Trinajstić information content (AvgIpc) is 3.32. The largest absolute Gasteiger partial charge is 0.484 e. The maximum absolute atomic E-state index is 12.0. The molecule has 0 aromatic heterocycles. The van der Waals surface area contributed by atoms with Crippen LogP contribution in [-0.2, 0) is 4.79 Å². The second kappa shape index (κ2) is 6.93. The number of carbonyl (C=O) groups is 2. The number of ether oxygens (including phenoxy) is 1. The number of primary amides is 1. The number of hydrogen-bond donors (Lipinski definition) is 2. The number of nitrogens with one attached hydrogen (secondary N) is 1. The van der Waals surface area contributed by atoms with Crippen molar-refractivity contribution in [2.75, 3.05) is 6.61 Å². The summed E-state index contributed by atoms with van der Waals surface area (Å²) < 4.78 is 5.41. The number of nitrogens with two attached hydrogens (primary N) is 1. The van der Waals surface area contributed by atoms with Crippen molar-refractivity contribution in [3.8, 4) is 5.75 Å². The fraction of sp³-hybridized carbons (Fsp3) is 0.222. The minimum absolute atomic E-state index is 0.0817. The van der Waals surface area contributed by atoms with Crippen LogP contribution in [0, 0.1) is 0 Å². The van der Waals surface area contributed by atoms with Gasteiger partial charge in [-0.2, -0.15) is 0 Å². The topological polar surface area (TPSA) is 81.4 Å². The molecule has 3 N–H and O–H groups in total. The standard InChI is InChI=1S/C18H17ClN2O3/c19-15-4-2-1-3-13(15)14-9-16(14)21-17(22)10-24-12-7-5-11(6-8-12)18(20)23/h1-8,14,16H,9-10H2,(H2,20,23)(H,21,22). The highest BCUT2D eigenvalue weighted by molar-refractivity contribution is 6.31. The summed E-state index contributed by atoms with van der Waals surface area (Å²) in [6.07, 6.45) is 0.878. The van der Waals surface area contributed by atoms with Crippen molar-refractivity contribution in [3.63, 3.8) is 0 Å². The Morgan fingerprint density at radius 1 is 1.17 bits per heavy atom. The monoisotopic (exact) mass is 344 g/mol. The molecule has 2 amide bonds. The molecule has 124 valence electrons. The van der Waals surface area contributed by atoms with Gasteiger partial charge >= 0.3 is 0 Å². The zero-order chi connectivity index (χ0) is 17.1. The van der Waals surface area contributed by atoms with Crippen LogP contribution in [0.3, 0.4) is 0 Å². The molecule has 2 aromatic rings. The van der Waals surface area contributed by atoms with Crippen molar-refractivity contribution in [1.82, 2.24) is 5.32 Å². The Kier molecular flexibility index (Phi) is 4.71. The lowest BCUT2D eigenvalue weighted by Gasteiger charge is -2.08. The van der Waals surface area contributed by atoms with Crippen LogP contribution >= 0.6 is 11.6 Å². The zero-order valence-corrected chi connectivity index (χ0v) is 13.6. The minimum atomic E-state index is -0.501. The smallest absolute Gasteiger partial charge is 0.258 e. The van der Waals surface area contributed by atoms with Crippen LogP contribution in [0.25, 0.3) is 0 Å². The Hall–Kier alpha value is -2.53. The van der Waals surface area contributed by atoms with E-state index in [1.54, 1.807) is 24.3 Å². The Bertz CT molecular complexity index is 761. The number of hydrogen-bond acceptors (Lipinski definition) is 3. The van der Waals surface area contributed by atoms with Gasteiger partial charge in [0.25, 0.3) is 5.91 Å². The van der Waals surface area contributed by atoms with Crippen LogP contribution in [-0.4, -0.2) is 24.5 Å². The van der Waals surface area contributed by atoms with Gasteiger partial charge in [0, 0.05) is 22.5 Å². The van der Waals surface area contributed by atoms with Crippen molar-refractivity contribution >= 4 is 23.4 Å². The Morgan fingerprint density at radius 3 is 2.54 bits per heavy atom. The highest BCUT2D eigenvalue weighted by Crippen LogP contribution is 2.43. The maximum Gasteiger partial charge on any atom is 0.258 e. The normalized spacial score (nSPS) is 18.7. The third-order valence-corrected chi connectivity index (χ3v) is 4.29. The molecule has 5 nitrogen and oxygen atoms in total. The highest BCUT2D eigenvalue weighted by atomic mass is 35.5. The first-order chi connectivity index (χ1) is 11.5. The Morgan fingerprint density at radius 2 is 1.88 bits per heavy atom. The number of rotatable bonds is 6. The molecule has 2 unspecified atom stereocenters. The van der Waals surface area contributed by atoms with Crippen LogP contribution in [0.2, 0.25) is 5.02 Å². The summed E-state index contributed by atoms with van der Waals surface area (Å²) in [7, 11) is 0. The molecular weight excluding hydrogens is 328 g/mol. The molecule has 0 radical (unpaired) electrons. The fourth-order valence-corrected chi connectivity index (χ4v) is 2.86. The Labute approximate surface area is 144 Å². The van der Waals surface area contributed by atoms with E-state index in [0.29, 0.717) is 11.3 Å². The van der Waals surface area contributed by atoms with Crippen LogP contribution < -0.4 is 15.8 Å². The lowest BCUT2D eigenvalue weighted by Crippen LogP contribution is -2.31. The van der Waals surface area contributed by atoms with Crippen LogP contribution in [0.1, 0.15) is 28.3 Å². The number of benzene rings is 2. The molecular formula is C18H17ClN2O3. The molecule has 1 saturated carbocycles. The molecule has 6 heteroatoms. The summed E-state index contributed by atoms with van der Waals surface area (Å²) >= 11 is 6.17. The predicted octanol–water partition coefficient (Wildman–Crippen LogP) is 2.49. The molecule has 0 aliphatic heterocycles. The second-order valence-electron chi connectivity index (χ2n) is 5.72. The van der Waals surface area contributed by atoms with E-state index in [0.717, 1.165) is 17.0 Å². The summed E-state index contributed by atoms with van der Waals surface area (Å²) in [5, 5.41) is 3.66. The van der Waals surface area contributed by atoms with Gasteiger partial charge in [0.1, 0.15) is 5.75 Å². The van der Waals surface area contributed by atoms with Crippen LogP contribution in [0.5, 0.6) is 5.75 Å². The highest BCUT2D eigenvalue weighted by Gasteiger charge is 2.40. The van der Waals surface area contributed by atoms with Gasteiger partial charge in [0.05, 0.1) is 0 Å². The van der Waals surface area contributed by atoms with Gasteiger partial charge in [-0.15, -0.1) is 0 Å². The van der Waals surface area contributed by atoms with Crippen LogP contribution in [0.4, 0.5) is 0 Å². The summed E-state index contributed by atoms with van der Waals surface area (Å²) in [4.78, 5) is 22.9. The van der Waals surface area contributed by atoms with Crippen molar-refractivity contribution in [2.45, 2.75) is 18.4 Å². The number of carbonyl (C=O) groups excluding carboxylic acids is 2. The molecule has 0 bridgehead atoms. The van der Waals surface area contributed by atoms with E-state index in [-0.39, 0.29) is 24.5 Å².